The van der Waals surface area contributed by atoms with E-state index in [2.05, 4.69) is 57.7 Å². The number of aromatic nitrogens is 2. The van der Waals surface area contributed by atoms with Gasteiger partial charge in [0.05, 0.1) is 19.0 Å². The maximum Gasteiger partial charge on any atom is 0.274 e. The van der Waals surface area contributed by atoms with E-state index in [9.17, 15) is 9.90 Å². The minimum absolute atomic E-state index is 0.00505. The van der Waals surface area contributed by atoms with E-state index in [0.29, 0.717) is 30.5 Å². The van der Waals surface area contributed by atoms with E-state index in [1.54, 1.807) is 13.2 Å². The van der Waals surface area contributed by atoms with Crippen LogP contribution in [0.1, 0.15) is 58.3 Å². The molecule has 2 N–H and O–H groups in total. The molecule has 0 bridgehead atoms. The first kappa shape index (κ1) is 20.6. The molecule has 1 amide bonds. The molecular weight excluding hydrogens is 400 g/mol. The van der Waals surface area contributed by atoms with Crippen molar-refractivity contribution in [1.82, 2.24) is 14.9 Å². The van der Waals surface area contributed by atoms with Crippen LogP contribution in [0.15, 0.2) is 54.9 Å². The lowest BCUT2D eigenvalue weighted by atomic mass is 9.89. The molecule has 5 rings (SSSR count). The van der Waals surface area contributed by atoms with Gasteiger partial charge in [0.25, 0.3) is 5.91 Å². The number of anilines is 1. The van der Waals surface area contributed by atoms with Crippen molar-refractivity contribution in [3.05, 3.63) is 77.2 Å². The molecule has 0 unspecified atom stereocenters. The molecule has 0 radical (unpaired) electrons. The van der Waals surface area contributed by atoms with Gasteiger partial charge in [0, 0.05) is 26.1 Å². The van der Waals surface area contributed by atoms with Gasteiger partial charge in [0.15, 0.2) is 0 Å². The van der Waals surface area contributed by atoms with Crippen LogP contribution in [0.4, 0.5) is 5.82 Å². The van der Waals surface area contributed by atoms with E-state index < -0.39 is 0 Å². The number of benzene rings is 2. The monoisotopic (exact) mass is 428 g/mol. The number of rotatable bonds is 6. The Morgan fingerprint density at radius 3 is 2.72 bits per heavy atom. The zero-order valence-electron chi connectivity index (χ0n) is 18.3. The van der Waals surface area contributed by atoms with Gasteiger partial charge < -0.3 is 15.3 Å². The topological polar surface area (TPSA) is 78.4 Å². The molecule has 2 aliphatic rings. The largest absolute Gasteiger partial charge is 0.392 e. The van der Waals surface area contributed by atoms with Crippen molar-refractivity contribution in [3.63, 3.8) is 0 Å². The Morgan fingerprint density at radius 2 is 1.94 bits per heavy atom. The van der Waals surface area contributed by atoms with Crippen LogP contribution in [0.5, 0.6) is 0 Å². The van der Waals surface area contributed by atoms with Crippen LogP contribution in [-0.4, -0.2) is 46.0 Å². The van der Waals surface area contributed by atoms with Crippen LogP contribution in [0, 0.1) is 0 Å². The third-order valence-corrected chi connectivity index (χ3v) is 6.63. The van der Waals surface area contributed by atoms with Crippen molar-refractivity contribution in [2.75, 3.05) is 25.5 Å². The Bertz CT molecular complexity index is 1140. The van der Waals surface area contributed by atoms with Gasteiger partial charge in [-0.25, -0.2) is 4.98 Å². The van der Waals surface area contributed by atoms with Crippen LogP contribution in [-0.2, 0) is 6.61 Å². The smallest absolute Gasteiger partial charge is 0.274 e. The second kappa shape index (κ2) is 8.71. The number of amides is 1. The molecule has 32 heavy (non-hydrogen) atoms. The molecule has 164 valence electrons. The summed E-state index contributed by atoms with van der Waals surface area (Å²) in [5, 5.41) is 13.1. The Hall–Kier alpha value is -3.25. The van der Waals surface area contributed by atoms with Crippen LogP contribution in [0.2, 0.25) is 0 Å². The highest BCUT2D eigenvalue weighted by molar-refractivity contribution is 5.92. The summed E-state index contributed by atoms with van der Waals surface area (Å²) in [6.07, 6.45) is 6.50. The number of aliphatic hydroxyl groups is 1. The van der Waals surface area contributed by atoms with E-state index in [0.717, 1.165) is 23.1 Å². The van der Waals surface area contributed by atoms with Crippen molar-refractivity contribution >= 4 is 11.7 Å². The molecule has 2 fully saturated rings. The second-order valence-electron chi connectivity index (χ2n) is 8.71. The zero-order valence-corrected chi connectivity index (χ0v) is 18.3. The molecule has 1 aliphatic carbocycles. The Morgan fingerprint density at radius 1 is 1.09 bits per heavy atom. The van der Waals surface area contributed by atoms with Gasteiger partial charge in [-0.1, -0.05) is 36.4 Å². The Kier molecular flexibility index (Phi) is 5.62. The van der Waals surface area contributed by atoms with Gasteiger partial charge >= 0.3 is 0 Å². The lowest BCUT2D eigenvalue weighted by Gasteiger charge is -2.19. The van der Waals surface area contributed by atoms with E-state index in [4.69, 9.17) is 0 Å². The maximum absolute atomic E-state index is 12.9. The summed E-state index contributed by atoms with van der Waals surface area (Å²) in [5.74, 6) is 1.35. The molecule has 2 heterocycles. The first-order valence-corrected chi connectivity index (χ1v) is 11.3. The van der Waals surface area contributed by atoms with Gasteiger partial charge in [-0.2, -0.15) is 0 Å². The maximum atomic E-state index is 12.9. The van der Waals surface area contributed by atoms with Gasteiger partial charge in [-0.05, 0) is 59.1 Å². The van der Waals surface area contributed by atoms with Crippen molar-refractivity contribution < 1.29 is 9.90 Å². The van der Waals surface area contributed by atoms with Crippen LogP contribution < -0.4 is 5.32 Å². The zero-order chi connectivity index (χ0) is 22.1. The van der Waals surface area contributed by atoms with E-state index in [1.165, 1.54) is 30.2 Å². The Labute approximate surface area is 188 Å². The predicted molar refractivity (Wildman–Crippen MR) is 125 cm³/mol. The summed E-state index contributed by atoms with van der Waals surface area (Å²) < 4.78 is 0. The number of hydrogen-bond donors (Lipinski definition) is 2. The highest BCUT2D eigenvalue weighted by atomic mass is 16.3. The summed E-state index contributed by atoms with van der Waals surface area (Å²) in [6, 6.07) is 15.0. The average Bonchev–Trinajstić information content (AvgIpc) is 3.59. The van der Waals surface area contributed by atoms with Crippen LogP contribution >= 0.6 is 0 Å². The van der Waals surface area contributed by atoms with Crippen LogP contribution in [0.25, 0.3) is 11.1 Å². The molecule has 6 nitrogen and oxygen atoms in total. The number of hydrogen-bond acceptors (Lipinski definition) is 5. The lowest BCUT2D eigenvalue weighted by Crippen LogP contribution is -2.29. The van der Waals surface area contributed by atoms with Gasteiger partial charge in [0.2, 0.25) is 0 Å². The van der Waals surface area contributed by atoms with E-state index >= 15 is 0 Å². The predicted octanol–water partition coefficient (Wildman–Crippen LogP) is 4.18. The number of carbonyl (C=O) groups is 1. The molecule has 6 heteroatoms. The normalized spacial score (nSPS) is 18.1. The highest BCUT2D eigenvalue weighted by Crippen LogP contribution is 2.44. The van der Waals surface area contributed by atoms with E-state index in [-0.39, 0.29) is 18.4 Å². The summed E-state index contributed by atoms with van der Waals surface area (Å²) in [7, 11) is 1.76. The molecule has 1 saturated heterocycles. The quantitative estimate of drug-likeness (QED) is 0.616. The number of nitrogens with zero attached hydrogens (tertiary/aromatic N) is 3. The summed E-state index contributed by atoms with van der Waals surface area (Å²) in [6.45, 7) is 1.29. The molecule has 1 atom stereocenters. The number of nitrogens with one attached hydrogen (secondary N) is 1. The van der Waals surface area contributed by atoms with Crippen LogP contribution in [0.3, 0.4) is 0 Å². The number of aliphatic hydroxyl groups excluding tert-OH is 1. The van der Waals surface area contributed by atoms with Crippen molar-refractivity contribution in [3.8, 4) is 11.1 Å². The summed E-state index contributed by atoms with van der Waals surface area (Å²) in [4.78, 5) is 23.2. The number of carbonyl (C=O) groups excluding carboxylic acids is 1. The minimum atomic E-state index is -0.0994. The standard InChI is InChI=1S/C26H28N4O2/c1-27-25-14-28-13-24(29-25)26(32)30-11-10-19(15-30)21-9-8-18(12-20(21)16-31)23-5-3-2-4-22(23)17-6-7-17/h2-5,8-9,12-14,17,19,31H,6-7,10-11,15-16H2,1H3,(H,27,29)/t19-/m0/s1. The Balaban J connectivity index is 1.37. The first-order valence-electron chi connectivity index (χ1n) is 11.3. The highest BCUT2D eigenvalue weighted by Gasteiger charge is 2.31. The molecule has 1 saturated carbocycles. The average molecular weight is 429 g/mol. The first-order chi connectivity index (χ1) is 15.7. The molecule has 3 aromatic rings. The fraction of sp³-hybridized carbons (Fsp3) is 0.346. The van der Waals surface area contributed by atoms with Crippen molar-refractivity contribution in [1.29, 1.82) is 0 Å². The van der Waals surface area contributed by atoms with Gasteiger partial charge in [-0.3, -0.25) is 9.78 Å². The third-order valence-electron chi connectivity index (χ3n) is 6.63. The van der Waals surface area contributed by atoms with Crippen molar-refractivity contribution in [2.45, 2.75) is 37.7 Å². The molecule has 1 aromatic heterocycles. The summed E-state index contributed by atoms with van der Waals surface area (Å²) >= 11 is 0. The molecule has 0 spiro atoms. The molecule has 2 aromatic carbocycles. The fourth-order valence-corrected chi connectivity index (χ4v) is 4.77. The van der Waals surface area contributed by atoms with Gasteiger partial charge in [-0.15, -0.1) is 0 Å². The number of likely N-dealkylation sites (tertiary alicyclic amines) is 1. The molecule has 1 aliphatic heterocycles. The lowest BCUT2D eigenvalue weighted by molar-refractivity contribution is 0.0784. The summed E-state index contributed by atoms with van der Waals surface area (Å²) in [5.41, 5.74) is 6.27. The second-order valence-corrected chi connectivity index (χ2v) is 8.71. The fourth-order valence-electron chi connectivity index (χ4n) is 4.77. The third kappa shape index (κ3) is 3.98. The minimum Gasteiger partial charge on any atom is -0.392 e. The van der Waals surface area contributed by atoms with Gasteiger partial charge in [0.1, 0.15) is 11.5 Å². The SMILES string of the molecule is CNc1cncc(C(=O)N2CC[C@H](c3ccc(-c4ccccc4C4CC4)cc3CO)C2)n1. The van der Waals surface area contributed by atoms with Crippen molar-refractivity contribution in [2.24, 2.45) is 0 Å². The molecular formula is C26H28N4O2. The van der Waals surface area contributed by atoms with E-state index in [1.807, 2.05) is 4.90 Å².